The molecule has 0 aliphatic carbocycles. The van der Waals surface area contributed by atoms with Gasteiger partial charge in [-0.2, -0.15) is 0 Å². The second-order valence-corrected chi connectivity index (χ2v) is 7.53. The Morgan fingerprint density at radius 1 is 1.38 bits per heavy atom. The van der Waals surface area contributed by atoms with Crippen molar-refractivity contribution in [3.8, 4) is 0 Å². The van der Waals surface area contributed by atoms with E-state index >= 15 is 0 Å². The van der Waals surface area contributed by atoms with Crippen molar-refractivity contribution < 1.29 is 9.53 Å². The first kappa shape index (κ1) is 15.3. The number of rotatable bonds is 2. The van der Waals surface area contributed by atoms with Gasteiger partial charge in [0.2, 0.25) is 0 Å². The van der Waals surface area contributed by atoms with Crippen molar-refractivity contribution in [1.82, 2.24) is 4.90 Å². The van der Waals surface area contributed by atoms with Crippen molar-refractivity contribution in [3.05, 3.63) is 32.9 Å². The summed E-state index contributed by atoms with van der Waals surface area (Å²) in [6, 6.07) is 7.57. The predicted octanol–water partition coefficient (Wildman–Crippen LogP) is 3.34. The van der Waals surface area contributed by atoms with Crippen LogP contribution in [0.25, 0.3) is 0 Å². The van der Waals surface area contributed by atoms with Crippen molar-refractivity contribution in [1.29, 1.82) is 0 Å². The largest absolute Gasteiger partial charge is 0.469 e. The van der Waals surface area contributed by atoms with E-state index in [4.69, 9.17) is 4.74 Å². The predicted molar refractivity (Wildman–Crippen MR) is 91.3 cm³/mol. The molecule has 0 N–H and O–H groups in total. The summed E-state index contributed by atoms with van der Waals surface area (Å²) in [5.74, 6) is 0.213. The van der Waals surface area contributed by atoms with Crippen LogP contribution in [0.3, 0.4) is 0 Å². The molecule has 1 aromatic carbocycles. The number of esters is 1. The molecule has 2 aliphatic heterocycles. The topological polar surface area (TPSA) is 29.5 Å². The number of benzene rings is 1. The summed E-state index contributed by atoms with van der Waals surface area (Å²) >= 11 is 2.38. The lowest BCUT2D eigenvalue weighted by atomic mass is 9.76. The number of carbonyl (C=O) groups is 1. The first-order valence-corrected chi connectivity index (χ1v) is 8.66. The molecule has 0 spiro atoms. The molecule has 4 atom stereocenters. The molecule has 3 unspecified atom stereocenters. The lowest BCUT2D eigenvalue weighted by molar-refractivity contribution is -0.150. The molecule has 0 aromatic heterocycles. The van der Waals surface area contributed by atoms with Crippen LogP contribution >= 0.6 is 22.6 Å². The molecule has 2 bridgehead atoms. The number of hydrogen-bond acceptors (Lipinski definition) is 3. The van der Waals surface area contributed by atoms with Crippen molar-refractivity contribution >= 4 is 28.6 Å². The first-order valence-electron chi connectivity index (χ1n) is 7.58. The van der Waals surface area contributed by atoms with E-state index < -0.39 is 0 Å². The third kappa shape index (κ3) is 2.61. The summed E-state index contributed by atoms with van der Waals surface area (Å²) in [6.45, 7) is 2.13. The smallest absolute Gasteiger partial charge is 0.310 e. The number of fused-ring (bicyclic) bond motifs is 2. The highest BCUT2D eigenvalue weighted by atomic mass is 127. The van der Waals surface area contributed by atoms with Crippen LogP contribution in [0.4, 0.5) is 0 Å². The zero-order valence-electron chi connectivity index (χ0n) is 12.8. The zero-order valence-corrected chi connectivity index (χ0v) is 15.0. The number of piperidine rings is 1. The number of methoxy groups -OCH3 is 1. The van der Waals surface area contributed by atoms with E-state index in [2.05, 4.69) is 59.7 Å². The Hall–Kier alpha value is -0.620. The number of nitrogens with zero attached hydrogens (tertiary/aromatic N) is 1. The van der Waals surface area contributed by atoms with Crippen molar-refractivity contribution in [2.75, 3.05) is 14.2 Å². The fraction of sp³-hybridized carbons (Fsp3) is 0.588. The normalized spacial score (nSPS) is 32.2. The number of ether oxygens (including phenoxy) is 1. The molecule has 0 amide bonds. The monoisotopic (exact) mass is 399 g/mol. The average molecular weight is 399 g/mol. The minimum Gasteiger partial charge on any atom is -0.469 e. The van der Waals surface area contributed by atoms with E-state index in [1.54, 1.807) is 0 Å². The minimum atomic E-state index is -0.0483. The van der Waals surface area contributed by atoms with Gasteiger partial charge >= 0.3 is 5.97 Å². The number of carbonyl (C=O) groups excluding carboxylic acids is 1. The Bertz CT molecular complexity index is 560. The Labute approximate surface area is 140 Å². The Kier molecular flexibility index (Phi) is 4.28. The minimum absolute atomic E-state index is 0.0303. The molecule has 1 aromatic rings. The maximum absolute atomic E-state index is 12.4. The summed E-state index contributed by atoms with van der Waals surface area (Å²) in [4.78, 5) is 14.8. The van der Waals surface area contributed by atoms with Crippen LogP contribution in [-0.2, 0) is 9.53 Å². The zero-order chi connectivity index (χ0) is 15.1. The van der Waals surface area contributed by atoms with Gasteiger partial charge in [0.1, 0.15) is 0 Å². The van der Waals surface area contributed by atoms with E-state index in [0.717, 1.165) is 12.8 Å². The summed E-state index contributed by atoms with van der Waals surface area (Å²) in [7, 11) is 3.67. The molecule has 0 saturated carbocycles. The third-order valence-corrected chi connectivity index (χ3v) is 6.53. The molecule has 21 heavy (non-hydrogen) atoms. The van der Waals surface area contributed by atoms with Gasteiger partial charge < -0.3 is 4.74 Å². The molecule has 3 rings (SSSR count). The molecule has 114 valence electrons. The summed E-state index contributed by atoms with van der Waals surface area (Å²) < 4.78 is 6.40. The molecule has 4 heteroatoms. The maximum Gasteiger partial charge on any atom is 0.310 e. The Balaban J connectivity index is 1.98. The van der Waals surface area contributed by atoms with Gasteiger partial charge in [0.15, 0.2) is 0 Å². The van der Waals surface area contributed by atoms with Gasteiger partial charge in [-0.3, -0.25) is 9.69 Å². The van der Waals surface area contributed by atoms with Gasteiger partial charge in [-0.25, -0.2) is 0 Å². The van der Waals surface area contributed by atoms with Crippen LogP contribution in [0.2, 0.25) is 0 Å². The second kappa shape index (κ2) is 5.88. The van der Waals surface area contributed by atoms with E-state index in [9.17, 15) is 4.79 Å². The summed E-state index contributed by atoms with van der Waals surface area (Å²) in [5.41, 5.74) is 2.59. The molecule has 3 nitrogen and oxygen atoms in total. The van der Waals surface area contributed by atoms with Gasteiger partial charge in [-0.15, -0.1) is 0 Å². The Morgan fingerprint density at radius 3 is 2.81 bits per heavy atom. The SMILES string of the molecule is COC(=O)C1C2CCC(C[C@@H]1c1ccc(C)c(I)c1)N2C. The van der Waals surface area contributed by atoms with Crippen molar-refractivity contribution in [2.45, 2.75) is 44.2 Å². The van der Waals surface area contributed by atoms with Gasteiger partial charge in [0, 0.05) is 21.6 Å². The number of aryl methyl sites for hydroxylation is 1. The quantitative estimate of drug-likeness (QED) is 0.565. The third-order valence-electron chi connectivity index (χ3n) is 5.37. The fourth-order valence-electron chi connectivity index (χ4n) is 4.11. The number of hydrogen-bond donors (Lipinski definition) is 0. The molecule has 2 aliphatic rings. The first-order chi connectivity index (χ1) is 10.0. The van der Waals surface area contributed by atoms with Crippen LogP contribution < -0.4 is 0 Å². The highest BCUT2D eigenvalue weighted by Gasteiger charge is 2.49. The Morgan fingerprint density at radius 2 is 2.14 bits per heavy atom. The maximum atomic E-state index is 12.4. The van der Waals surface area contributed by atoms with Crippen molar-refractivity contribution in [2.24, 2.45) is 5.92 Å². The molecule has 2 saturated heterocycles. The average Bonchev–Trinajstić information content (AvgIpc) is 2.72. The van der Waals surface area contributed by atoms with Gasteiger partial charge in [-0.05, 0) is 73.0 Å². The molecular formula is C17H22INO2. The number of halogens is 1. The van der Waals surface area contributed by atoms with E-state index in [1.807, 2.05) is 0 Å². The lowest BCUT2D eigenvalue weighted by Crippen LogP contribution is -2.49. The second-order valence-electron chi connectivity index (χ2n) is 6.36. The van der Waals surface area contributed by atoms with Gasteiger partial charge in [0.05, 0.1) is 13.0 Å². The summed E-state index contributed by atoms with van der Waals surface area (Å²) in [6.07, 6.45) is 3.38. The van der Waals surface area contributed by atoms with Crippen molar-refractivity contribution in [3.63, 3.8) is 0 Å². The fourth-order valence-corrected chi connectivity index (χ4v) is 4.65. The van der Waals surface area contributed by atoms with Crippen LogP contribution in [0.1, 0.15) is 36.3 Å². The van der Waals surface area contributed by atoms with Crippen LogP contribution in [0.5, 0.6) is 0 Å². The highest BCUT2D eigenvalue weighted by Crippen LogP contribution is 2.46. The molecule has 0 radical (unpaired) electrons. The lowest BCUT2D eigenvalue weighted by Gasteiger charge is -2.41. The summed E-state index contributed by atoms with van der Waals surface area (Å²) in [5, 5.41) is 0. The van der Waals surface area contributed by atoms with Crippen LogP contribution in [0, 0.1) is 16.4 Å². The van der Waals surface area contributed by atoms with Gasteiger partial charge in [0.25, 0.3) is 0 Å². The van der Waals surface area contributed by atoms with Gasteiger partial charge in [-0.1, -0.05) is 12.1 Å². The van der Waals surface area contributed by atoms with E-state index in [0.29, 0.717) is 18.0 Å². The molecule has 2 fully saturated rings. The van der Waals surface area contributed by atoms with E-state index in [1.165, 1.54) is 28.2 Å². The molecular weight excluding hydrogens is 377 g/mol. The van der Waals surface area contributed by atoms with E-state index in [-0.39, 0.29) is 11.9 Å². The standard InChI is InChI=1S/C17H22INO2/c1-10-4-5-11(8-14(10)18)13-9-12-6-7-15(19(12)2)16(13)17(20)21-3/h4-5,8,12-13,15-16H,6-7,9H2,1-3H3/t12?,13-,15?,16?/m1/s1. The molecule has 2 heterocycles. The highest BCUT2D eigenvalue weighted by molar-refractivity contribution is 14.1. The van der Waals surface area contributed by atoms with Crippen LogP contribution in [0.15, 0.2) is 18.2 Å². The van der Waals surface area contributed by atoms with Crippen LogP contribution in [-0.4, -0.2) is 37.1 Å².